The van der Waals surface area contributed by atoms with E-state index in [1.165, 1.54) is 32.4 Å². The number of rotatable bonds is 4. The van der Waals surface area contributed by atoms with Gasteiger partial charge in [-0.25, -0.2) is 0 Å². The van der Waals surface area contributed by atoms with Crippen molar-refractivity contribution in [1.82, 2.24) is 10.2 Å². The molecule has 1 saturated heterocycles. The van der Waals surface area contributed by atoms with Gasteiger partial charge >= 0.3 is 0 Å². The molecule has 0 aromatic heterocycles. The predicted octanol–water partition coefficient (Wildman–Crippen LogP) is 1.35. The minimum absolute atomic E-state index is 0.191. The van der Waals surface area contributed by atoms with Gasteiger partial charge in [-0.05, 0) is 51.1 Å². The van der Waals surface area contributed by atoms with Crippen molar-refractivity contribution in [2.75, 3.05) is 26.2 Å². The first kappa shape index (κ1) is 14.8. The quantitative estimate of drug-likeness (QED) is 0.808. The first-order valence-electron chi connectivity index (χ1n) is 7.92. The van der Waals surface area contributed by atoms with Crippen LogP contribution in [0.2, 0.25) is 0 Å². The van der Waals surface area contributed by atoms with Gasteiger partial charge in [0.25, 0.3) is 0 Å². The Morgan fingerprint density at radius 3 is 2.68 bits per heavy atom. The van der Waals surface area contributed by atoms with Crippen LogP contribution in [0.3, 0.4) is 0 Å². The summed E-state index contributed by atoms with van der Waals surface area (Å²) in [7, 11) is 0. The summed E-state index contributed by atoms with van der Waals surface area (Å²) in [4.78, 5) is 14.6. The molecule has 0 spiro atoms. The lowest BCUT2D eigenvalue weighted by molar-refractivity contribution is -0.126. The van der Waals surface area contributed by atoms with E-state index in [9.17, 15) is 4.79 Å². The lowest BCUT2D eigenvalue weighted by Gasteiger charge is -2.31. The van der Waals surface area contributed by atoms with E-state index in [1.54, 1.807) is 0 Å². The Balaban J connectivity index is 1.63. The highest BCUT2D eigenvalue weighted by Gasteiger charge is 2.29. The molecule has 1 amide bonds. The zero-order valence-electron chi connectivity index (χ0n) is 12.2. The van der Waals surface area contributed by atoms with Gasteiger partial charge < -0.3 is 16.0 Å². The summed E-state index contributed by atoms with van der Waals surface area (Å²) in [6, 6.07) is 0.289. The maximum Gasteiger partial charge on any atom is 0.223 e. The molecule has 3 atom stereocenters. The van der Waals surface area contributed by atoms with Crippen LogP contribution in [-0.2, 0) is 4.79 Å². The first-order chi connectivity index (χ1) is 9.16. The van der Waals surface area contributed by atoms with Crippen LogP contribution >= 0.6 is 0 Å². The summed E-state index contributed by atoms with van der Waals surface area (Å²) in [5.74, 6) is 0.915. The van der Waals surface area contributed by atoms with Crippen LogP contribution in [0.5, 0.6) is 0 Å². The van der Waals surface area contributed by atoms with Crippen LogP contribution in [0.25, 0.3) is 0 Å². The Hall–Kier alpha value is -0.610. The fraction of sp³-hybridized carbons (Fsp3) is 0.933. The van der Waals surface area contributed by atoms with Crippen molar-refractivity contribution in [3.8, 4) is 0 Å². The normalized spacial score (nSPS) is 33.1. The van der Waals surface area contributed by atoms with E-state index in [2.05, 4.69) is 17.1 Å². The molecule has 0 aromatic carbocycles. The topological polar surface area (TPSA) is 58.4 Å². The number of hydrogen-bond donors (Lipinski definition) is 2. The van der Waals surface area contributed by atoms with Gasteiger partial charge in [0.1, 0.15) is 0 Å². The molecule has 4 heteroatoms. The van der Waals surface area contributed by atoms with Crippen molar-refractivity contribution < 1.29 is 4.79 Å². The maximum absolute atomic E-state index is 12.1. The lowest BCUT2D eigenvalue weighted by Crippen LogP contribution is -2.43. The average molecular weight is 267 g/mol. The highest BCUT2D eigenvalue weighted by Crippen LogP contribution is 2.27. The summed E-state index contributed by atoms with van der Waals surface area (Å²) < 4.78 is 0. The SMILES string of the molecule is CC1CC(C(=O)NCCN2CCCCC2)CCC1N. The van der Waals surface area contributed by atoms with Gasteiger partial charge in [0.15, 0.2) is 0 Å². The number of likely N-dealkylation sites (tertiary alicyclic amines) is 1. The number of piperidine rings is 1. The highest BCUT2D eigenvalue weighted by molar-refractivity contribution is 5.78. The molecule has 1 aliphatic heterocycles. The molecule has 2 aliphatic rings. The van der Waals surface area contributed by atoms with Gasteiger partial charge in [-0.15, -0.1) is 0 Å². The molecule has 3 unspecified atom stereocenters. The van der Waals surface area contributed by atoms with E-state index < -0.39 is 0 Å². The van der Waals surface area contributed by atoms with Crippen LogP contribution in [0.1, 0.15) is 45.4 Å². The van der Waals surface area contributed by atoms with Crippen molar-refractivity contribution in [1.29, 1.82) is 0 Å². The second-order valence-corrected chi connectivity index (χ2v) is 6.34. The molecule has 0 aromatic rings. The van der Waals surface area contributed by atoms with E-state index >= 15 is 0 Å². The van der Waals surface area contributed by atoms with Crippen LogP contribution in [0.15, 0.2) is 0 Å². The summed E-state index contributed by atoms with van der Waals surface area (Å²) in [5, 5.41) is 3.11. The average Bonchev–Trinajstić information content (AvgIpc) is 2.43. The van der Waals surface area contributed by atoms with E-state index in [1.807, 2.05) is 0 Å². The Kier molecular flexibility index (Phi) is 5.64. The fourth-order valence-electron chi connectivity index (χ4n) is 3.32. The van der Waals surface area contributed by atoms with E-state index in [4.69, 9.17) is 5.73 Å². The number of hydrogen-bond acceptors (Lipinski definition) is 3. The molecule has 0 radical (unpaired) electrons. The third-order valence-electron chi connectivity index (χ3n) is 4.78. The molecule has 2 rings (SSSR count). The Morgan fingerprint density at radius 1 is 1.26 bits per heavy atom. The van der Waals surface area contributed by atoms with Gasteiger partial charge in [-0.1, -0.05) is 13.3 Å². The van der Waals surface area contributed by atoms with Gasteiger partial charge in [0.05, 0.1) is 0 Å². The maximum atomic E-state index is 12.1. The number of nitrogens with zero attached hydrogens (tertiary/aromatic N) is 1. The van der Waals surface area contributed by atoms with Crippen LogP contribution in [0.4, 0.5) is 0 Å². The van der Waals surface area contributed by atoms with E-state index in [-0.39, 0.29) is 17.9 Å². The third kappa shape index (κ3) is 4.46. The molecule has 0 bridgehead atoms. The fourth-order valence-corrected chi connectivity index (χ4v) is 3.32. The van der Waals surface area contributed by atoms with Crippen molar-refractivity contribution in [3.63, 3.8) is 0 Å². The summed E-state index contributed by atoms with van der Waals surface area (Å²) in [5.41, 5.74) is 6.00. The molecular formula is C15H29N3O. The Morgan fingerprint density at radius 2 is 2.00 bits per heavy atom. The lowest BCUT2D eigenvalue weighted by atomic mass is 9.79. The minimum Gasteiger partial charge on any atom is -0.355 e. The smallest absolute Gasteiger partial charge is 0.223 e. The Bertz CT molecular complexity index is 289. The Labute approximate surface area is 117 Å². The molecular weight excluding hydrogens is 238 g/mol. The summed E-state index contributed by atoms with van der Waals surface area (Å²) >= 11 is 0. The van der Waals surface area contributed by atoms with Crippen molar-refractivity contribution in [2.45, 2.75) is 51.5 Å². The molecule has 1 aliphatic carbocycles. The molecule has 1 saturated carbocycles. The number of nitrogens with two attached hydrogens (primary N) is 1. The number of carbonyl (C=O) groups is 1. The summed E-state index contributed by atoms with van der Waals surface area (Å²) in [6.45, 7) is 6.37. The van der Waals surface area contributed by atoms with Gasteiger partial charge in [0, 0.05) is 25.0 Å². The number of nitrogens with one attached hydrogen (secondary N) is 1. The van der Waals surface area contributed by atoms with Crippen LogP contribution < -0.4 is 11.1 Å². The largest absolute Gasteiger partial charge is 0.355 e. The molecule has 2 fully saturated rings. The highest BCUT2D eigenvalue weighted by atomic mass is 16.1. The molecule has 4 nitrogen and oxygen atoms in total. The van der Waals surface area contributed by atoms with Crippen LogP contribution in [-0.4, -0.2) is 43.0 Å². The van der Waals surface area contributed by atoms with Crippen molar-refractivity contribution in [2.24, 2.45) is 17.6 Å². The first-order valence-corrected chi connectivity index (χ1v) is 7.92. The minimum atomic E-state index is 0.191. The number of amides is 1. The molecule has 110 valence electrons. The third-order valence-corrected chi connectivity index (χ3v) is 4.78. The zero-order chi connectivity index (χ0) is 13.7. The van der Waals surface area contributed by atoms with E-state index in [0.717, 1.165) is 32.4 Å². The van der Waals surface area contributed by atoms with Crippen molar-refractivity contribution in [3.05, 3.63) is 0 Å². The monoisotopic (exact) mass is 267 g/mol. The second-order valence-electron chi connectivity index (χ2n) is 6.34. The summed E-state index contributed by atoms with van der Waals surface area (Å²) in [6.07, 6.45) is 6.89. The molecule has 3 N–H and O–H groups in total. The van der Waals surface area contributed by atoms with Gasteiger partial charge in [0.2, 0.25) is 5.91 Å². The van der Waals surface area contributed by atoms with E-state index in [0.29, 0.717) is 5.92 Å². The van der Waals surface area contributed by atoms with Crippen molar-refractivity contribution >= 4 is 5.91 Å². The molecule has 1 heterocycles. The number of carbonyl (C=O) groups excluding carboxylic acids is 1. The van der Waals surface area contributed by atoms with Gasteiger partial charge in [-0.3, -0.25) is 4.79 Å². The zero-order valence-corrected chi connectivity index (χ0v) is 12.2. The standard InChI is InChI=1S/C15H29N3O/c1-12-11-13(5-6-14(12)16)15(19)17-7-10-18-8-3-2-4-9-18/h12-14H,2-11,16H2,1H3,(H,17,19). The van der Waals surface area contributed by atoms with Gasteiger partial charge in [-0.2, -0.15) is 0 Å². The van der Waals surface area contributed by atoms with Crippen LogP contribution in [0, 0.1) is 11.8 Å². The predicted molar refractivity (Wildman–Crippen MR) is 77.8 cm³/mol. The molecule has 19 heavy (non-hydrogen) atoms. The second kappa shape index (κ2) is 7.25.